The molecule has 3 nitrogen and oxygen atoms in total. The van der Waals surface area contributed by atoms with Gasteiger partial charge in [0.2, 0.25) is 0 Å². The minimum Gasteiger partial charge on any atom is -0.481 e. The van der Waals surface area contributed by atoms with Gasteiger partial charge in [0.15, 0.2) is 6.10 Å². The van der Waals surface area contributed by atoms with E-state index in [4.69, 9.17) is 27.9 Å². The molecule has 0 bridgehead atoms. The Labute approximate surface area is 129 Å². The largest absolute Gasteiger partial charge is 0.481 e. The van der Waals surface area contributed by atoms with E-state index in [-0.39, 0.29) is 11.3 Å². The summed E-state index contributed by atoms with van der Waals surface area (Å²) in [5, 5.41) is 0.752. The first-order valence-electron chi connectivity index (χ1n) is 6.82. The zero-order valence-corrected chi connectivity index (χ0v) is 13.2. The van der Waals surface area contributed by atoms with Gasteiger partial charge >= 0.3 is 0 Å². The number of hydrogen-bond acceptors (Lipinski definition) is 2. The monoisotopic (exact) mass is 315 g/mol. The lowest BCUT2D eigenvalue weighted by Gasteiger charge is -2.35. The summed E-state index contributed by atoms with van der Waals surface area (Å²) >= 11 is 12.1. The van der Waals surface area contributed by atoms with Gasteiger partial charge in [-0.3, -0.25) is 4.79 Å². The molecule has 0 saturated carbocycles. The first kappa shape index (κ1) is 15.5. The number of likely N-dealkylation sites (tertiary alicyclic amines) is 1. The fraction of sp³-hybridized carbons (Fsp3) is 0.533. The Morgan fingerprint density at radius 1 is 1.50 bits per heavy atom. The van der Waals surface area contributed by atoms with Gasteiger partial charge in [0, 0.05) is 23.5 Å². The van der Waals surface area contributed by atoms with Crippen LogP contribution in [0.1, 0.15) is 20.3 Å². The average Bonchev–Trinajstić information content (AvgIpc) is 2.41. The molecule has 110 valence electrons. The molecule has 1 saturated heterocycles. The van der Waals surface area contributed by atoms with Gasteiger partial charge in [0.25, 0.3) is 5.91 Å². The molecule has 1 aromatic rings. The summed E-state index contributed by atoms with van der Waals surface area (Å²) in [6.07, 6.45) is 0.311. The predicted molar refractivity (Wildman–Crippen MR) is 81.5 cm³/mol. The standard InChI is InChI=1S/C15H19Cl2NO2/c1-10-9-18(7-6-14(10)17)15(19)11(2)20-13-5-3-4-12(16)8-13/h3-5,8,10-11,14H,6-7,9H2,1-2H3. The number of halogens is 2. The topological polar surface area (TPSA) is 29.5 Å². The van der Waals surface area contributed by atoms with Gasteiger partial charge < -0.3 is 9.64 Å². The number of ether oxygens (including phenoxy) is 1. The van der Waals surface area contributed by atoms with Crippen LogP contribution in [0.2, 0.25) is 5.02 Å². The second-order valence-corrected chi connectivity index (χ2v) is 6.28. The Kier molecular flexibility index (Phi) is 5.17. The van der Waals surface area contributed by atoms with E-state index >= 15 is 0 Å². The fourth-order valence-corrected chi connectivity index (χ4v) is 2.73. The van der Waals surface area contributed by atoms with E-state index in [0.717, 1.165) is 6.42 Å². The van der Waals surface area contributed by atoms with E-state index < -0.39 is 6.10 Å². The summed E-state index contributed by atoms with van der Waals surface area (Å²) in [4.78, 5) is 14.2. The van der Waals surface area contributed by atoms with E-state index in [1.165, 1.54) is 0 Å². The van der Waals surface area contributed by atoms with Crippen molar-refractivity contribution in [2.75, 3.05) is 13.1 Å². The highest BCUT2D eigenvalue weighted by atomic mass is 35.5. The first-order chi connectivity index (χ1) is 9.47. The lowest BCUT2D eigenvalue weighted by molar-refractivity contribution is -0.139. The molecule has 1 fully saturated rings. The van der Waals surface area contributed by atoms with Crippen LogP contribution in [0.5, 0.6) is 5.75 Å². The van der Waals surface area contributed by atoms with Gasteiger partial charge in [-0.1, -0.05) is 24.6 Å². The minimum atomic E-state index is -0.521. The van der Waals surface area contributed by atoms with Crippen molar-refractivity contribution >= 4 is 29.1 Å². The fourth-order valence-electron chi connectivity index (χ4n) is 2.37. The summed E-state index contributed by atoms with van der Waals surface area (Å²) in [6, 6.07) is 7.08. The third-order valence-electron chi connectivity index (χ3n) is 3.57. The molecule has 1 aliphatic heterocycles. The maximum absolute atomic E-state index is 12.4. The van der Waals surface area contributed by atoms with Crippen LogP contribution in [0.25, 0.3) is 0 Å². The Bertz CT molecular complexity index is 481. The van der Waals surface area contributed by atoms with Crippen molar-refractivity contribution in [3.8, 4) is 5.75 Å². The third kappa shape index (κ3) is 3.80. The molecule has 20 heavy (non-hydrogen) atoms. The molecule has 0 N–H and O–H groups in total. The van der Waals surface area contributed by atoms with Crippen LogP contribution in [0, 0.1) is 5.92 Å². The number of benzene rings is 1. The van der Waals surface area contributed by atoms with Crippen LogP contribution in [0.15, 0.2) is 24.3 Å². The molecule has 0 aromatic heterocycles. The van der Waals surface area contributed by atoms with Gasteiger partial charge in [0.1, 0.15) is 5.75 Å². The van der Waals surface area contributed by atoms with Crippen molar-refractivity contribution < 1.29 is 9.53 Å². The number of nitrogens with zero attached hydrogens (tertiary/aromatic N) is 1. The lowest BCUT2D eigenvalue weighted by atomic mass is 9.99. The Morgan fingerprint density at radius 3 is 2.90 bits per heavy atom. The van der Waals surface area contributed by atoms with Crippen molar-refractivity contribution in [2.24, 2.45) is 5.92 Å². The van der Waals surface area contributed by atoms with E-state index in [0.29, 0.717) is 29.8 Å². The van der Waals surface area contributed by atoms with Crippen LogP contribution in [0.4, 0.5) is 0 Å². The summed E-state index contributed by atoms with van der Waals surface area (Å²) in [7, 11) is 0. The van der Waals surface area contributed by atoms with Gasteiger partial charge in [-0.05, 0) is 37.5 Å². The predicted octanol–water partition coefficient (Wildman–Crippen LogP) is 3.58. The second-order valence-electron chi connectivity index (χ2n) is 5.28. The van der Waals surface area contributed by atoms with Crippen molar-refractivity contribution in [3.63, 3.8) is 0 Å². The molecule has 1 heterocycles. The molecular weight excluding hydrogens is 297 g/mol. The highest BCUT2D eigenvalue weighted by Gasteiger charge is 2.30. The maximum atomic E-state index is 12.4. The molecule has 3 unspecified atom stereocenters. The molecule has 0 radical (unpaired) electrons. The van der Waals surface area contributed by atoms with Crippen molar-refractivity contribution in [2.45, 2.75) is 31.7 Å². The SMILES string of the molecule is CC(Oc1cccc(Cl)c1)C(=O)N1CCC(Cl)C(C)C1. The van der Waals surface area contributed by atoms with Crippen LogP contribution in [-0.4, -0.2) is 35.4 Å². The average molecular weight is 316 g/mol. The van der Waals surface area contributed by atoms with Crippen LogP contribution < -0.4 is 4.74 Å². The Balaban J connectivity index is 1.95. The highest BCUT2D eigenvalue weighted by Crippen LogP contribution is 2.23. The van der Waals surface area contributed by atoms with Crippen molar-refractivity contribution in [3.05, 3.63) is 29.3 Å². The second kappa shape index (κ2) is 6.68. The molecule has 2 rings (SSSR count). The zero-order valence-electron chi connectivity index (χ0n) is 11.7. The van der Waals surface area contributed by atoms with E-state index in [1.807, 2.05) is 4.90 Å². The quantitative estimate of drug-likeness (QED) is 0.798. The van der Waals surface area contributed by atoms with E-state index in [1.54, 1.807) is 31.2 Å². The van der Waals surface area contributed by atoms with Crippen LogP contribution in [0.3, 0.4) is 0 Å². The lowest BCUT2D eigenvalue weighted by Crippen LogP contribution is -2.48. The Morgan fingerprint density at radius 2 is 2.25 bits per heavy atom. The van der Waals surface area contributed by atoms with Gasteiger partial charge in [-0.2, -0.15) is 0 Å². The summed E-state index contributed by atoms with van der Waals surface area (Å²) < 4.78 is 5.66. The molecule has 1 amide bonds. The Hall–Kier alpha value is -0.930. The molecule has 0 aliphatic carbocycles. The number of hydrogen-bond donors (Lipinski definition) is 0. The van der Waals surface area contributed by atoms with Gasteiger partial charge in [0.05, 0.1) is 0 Å². The van der Waals surface area contributed by atoms with Crippen LogP contribution in [-0.2, 0) is 4.79 Å². The normalized spacial score (nSPS) is 24.3. The highest BCUT2D eigenvalue weighted by molar-refractivity contribution is 6.30. The molecular formula is C15H19Cl2NO2. The van der Waals surface area contributed by atoms with Crippen LogP contribution >= 0.6 is 23.2 Å². The first-order valence-corrected chi connectivity index (χ1v) is 7.64. The summed E-state index contributed by atoms with van der Waals surface area (Å²) in [6.45, 7) is 5.22. The number of amides is 1. The van der Waals surface area contributed by atoms with E-state index in [2.05, 4.69) is 6.92 Å². The third-order valence-corrected chi connectivity index (χ3v) is 4.45. The number of carbonyl (C=O) groups excluding carboxylic acids is 1. The maximum Gasteiger partial charge on any atom is 0.263 e. The number of piperidine rings is 1. The van der Waals surface area contributed by atoms with Crippen molar-refractivity contribution in [1.82, 2.24) is 4.90 Å². The number of rotatable bonds is 3. The molecule has 5 heteroatoms. The number of carbonyl (C=O) groups is 1. The summed E-state index contributed by atoms with van der Waals surface area (Å²) in [5.41, 5.74) is 0. The zero-order chi connectivity index (χ0) is 14.7. The summed E-state index contributed by atoms with van der Waals surface area (Å²) in [5.74, 6) is 0.923. The van der Waals surface area contributed by atoms with Gasteiger partial charge in [-0.15, -0.1) is 11.6 Å². The minimum absolute atomic E-state index is 0.000363. The molecule has 3 atom stereocenters. The molecule has 0 spiro atoms. The smallest absolute Gasteiger partial charge is 0.263 e. The number of alkyl halides is 1. The molecule has 1 aliphatic rings. The molecule has 1 aromatic carbocycles. The van der Waals surface area contributed by atoms with Gasteiger partial charge in [-0.25, -0.2) is 0 Å². The van der Waals surface area contributed by atoms with E-state index in [9.17, 15) is 4.79 Å². The van der Waals surface area contributed by atoms with Crippen molar-refractivity contribution in [1.29, 1.82) is 0 Å².